The molecule has 1 aliphatic rings. The van der Waals surface area contributed by atoms with Crippen molar-refractivity contribution in [2.75, 3.05) is 19.6 Å². The number of rotatable bonds is 1. The van der Waals surface area contributed by atoms with Crippen LogP contribution in [0.1, 0.15) is 6.42 Å². The van der Waals surface area contributed by atoms with Gasteiger partial charge in [-0.25, -0.2) is 9.59 Å². The van der Waals surface area contributed by atoms with E-state index in [2.05, 4.69) is 0 Å². The first kappa shape index (κ1) is 11.1. The van der Waals surface area contributed by atoms with Crippen LogP contribution in [0.3, 0.4) is 0 Å². The normalized spacial score (nSPS) is 20.9. The first-order valence-electron chi connectivity index (χ1n) is 4.40. The van der Waals surface area contributed by atoms with Gasteiger partial charge in [0.25, 0.3) is 0 Å². The first-order valence-corrected chi connectivity index (χ1v) is 4.40. The van der Waals surface area contributed by atoms with Crippen molar-refractivity contribution in [3.8, 4) is 6.07 Å². The molecule has 0 spiro atoms. The molecule has 7 heteroatoms. The van der Waals surface area contributed by atoms with Gasteiger partial charge in [0.15, 0.2) is 0 Å². The maximum atomic E-state index is 10.8. The van der Waals surface area contributed by atoms with Crippen molar-refractivity contribution in [2.45, 2.75) is 12.5 Å². The summed E-state index contributed by atoms with van der Waals surface area (Å²) >= 11 is 0. The predicted molar refractivity (Wildman–Crippen MR) is 48.3 cm³/mol. The van der Waals surface area contributed by atoms with Gasteiger partial charge in [-0.05, 0) is 0 Å². The molecule has 1 saturated heterocycles. The lowest BCUT2D eigenvalue weighted by atomic mass is 10.1. The fourth-order valence-corrected chi connectivity index (χ4v) is 1.56. The average molecular weight is 213 g/mol. The molecule has 7 nitrogen and oxygen atoms in total. The molecular formula is C8H11N3O4. The van der Waals surface area contributed by atoms with E-state index in [1.807, 2.05) is 6.07 Å². The van der Waals surface area contributed by atoms with Gasteiger partial charge in [-0.15, -0.1) is 0 Å². The summed E-state index contributed by atoms with van der Waals surface area (Å²) in [7, 11) is 0. The van der Waals surface area contributed by atoms with E-state index in [0.717, 1.165) is 9.80 Å². The average Bonchev–Trinajstić information content (AvgIpc) is 2.17. The lowest BCUT2D eigenvalue weighted by Gasteiger charge is -2.37. The van der Waals surface area contributed by atoms with E-state index in [1.165, 1.54) is 0 Å². The van der Waals surface area contributed by atoms with Crippen molar-refractivity contribution in [3.63, 3.8) is 0 Å². The zero-order valence-electron chi connectivity index (χ0n) is 7.96. The summed E-state index contributed by atoms with van der Waals surface area (Å²) < 4.78 is 0. The van der Waals surface area contributed by atoms with E-state index in [4.69, 9.17) is 15.5 Å². The van der Waals surface area contributed by atoms with Crippen molar-refractivity contribution in [1.29, 1.82) is 5.26 Å². The molecule has 2 amide bonds. The first-order chi connectivity index (χ1) is 7.06. The highest BCUT2D eigenvalue weighted by Gasteiger charge is 2.31. The van der Waals surface area contributed by atoms with Crippen molar-refractivity contribution in [1.82, 2.24) is 9.80 Å². The Kier molecular flexibility index (Phi) is 3.33. The fourth-order valence-electron chi connectivity index (χ4n) is 1.56. The summed E-state index contributed by atoms with van der Waals surface area (Å²) in [6.45, 7) is 0.340. The summed E-state index contributed by atoms with van der Waals surface area (Å²) in [5, 5.41) is 26.0. The van der Waals surface area contributed by atoms with Crippen molar-refractivity contribution in [3.05, 3.63) is 0 Å². The zero-order chi connectivity index (χ0) is 11.4. The highest BCUT2D eigenvalue weighted by atomic mass is 16.4. The summed E-state index contributed by atoms with van der Waals surface area (Å²) in [6.07, 6.45) is -2.18. The Balaban J connectivity index is 2.69. The second kappa shape index (κ2) is 4.50. The van der Waals surface area contributed by atoms with Crippen LogP contribution in [0.15, 0.2) is 0 Å². The number of carboxylic acid groups (broad SMARTS) is 2. The quantitative estimate of drug-likeness (QED) is 0.649. The molecule has 0 aromatic heterocycles. The molecule has 0 radical (unpaired) electrons. The van der Waals surface area contributed by atoms with E-state index < -0.39 is 18.2 Å². The minimum Gasteiger partial charge on any atom is -0.465 e. The Labute approximate surface area is 86.1 Å². The Morgan fingerprint density at radius 3 is 2.47 bits per heavy atom. The van der Waals surface area contributed by atoms with Crippen molar-refractivity contribution < 1.29 is 19.8 Å². The van der Waals surface area contributed by atoms with Gasteiger partial charge >= 0.3 is 12.2 Å². The molecule has 1 heterocycles. The van der Waals surface area contributed by atoms with E-state index in [1.54, 1.807) is 0 Å². The van der Waals surface area contributed by atoms with Crippen LogP contribution in [-0.4, -0.2) is 57.9 Å². The maximum absolute atomic E-state index is 10.8. The van der Waals surface area contributed by atoms with Crippen molar-refractivity contribution in [2.24, 2.45) is 0 Å². The number of amides is 2. The number of nitriles is 1. The largest absolute Gasteiger partial charge is 0.465 e. The molecule has 1 unspecified atom stereocenters. The predicted octanol–water partition coefficient (Wildman–Crippen LogP) is 0.242. The van der Waals surface area contributed by atoms with Crippen LogP contribution in [0.5, 0.6) is 0 Å². The number of hydrogen-bond acceptors (Lipinski definition) is 3. The molecule has 15 heavy (non-hydrogen) atoms. The molecule has 0 aliphatic carbocycles. The Hall–Kier alpha value is -1.97. The van der Waals surface area contributed by atoms with E-state index in [0.29, 0.717) is 0 Å². The summed E-state index contributed by atoms with van der Waals surface area (Å²) in [5.74, 6) is 0. The number of piperazine rings is 1. The molecule has 82 valence electrons. The summed E-state index contributed by atoms with van der Waals surface area (Å²) in [4.78, 5) is 23.7. The van der Waals surface area contributed by atoms with Crippen LogP contribution in [0, 0.1) is 11.3 Å². The number of carbonyl (C=O) groups is 2. The van der Waals surface area contributed by atoms with Crippen molar-refractivity contribution >= 4 is 12.2 Å². The van der Waals surface area contributed by atoms with Crippen LogP contribution in [0.25, 0.3) is 0 Å². The Morgan fingerprint density at radius 2 is 2.00 bits per heavy atom. The summed E-state index contributed by atoms with van der Waals surface area (Å²) in [5.41, 5.74) is 0. The standard InChI is InChI=1S/C8H11N3O4/c9-2-1-6-5-10(7(12)13)3-4-11(6)8(14)15/h6H,1,3-5H2,(H,12,13)(H,14,15). The van der Waals surface area contributed by atoms with E-state index >= 15 is 0 Å². The lowest BCUT2D eigenvalue weighted by Crippen LogP contribution is -2.55. The smallest absolute Gasteiger partial charge is 0.407 e. The van der Waals surface area contributed by atoms with Gasteiger partial charge < -0.3 is 20.0 Å². The van der Waals surface area contributed by atoms with E-state index in [9.17, 15) is 9.59 Å². The summed E-state index contributed by atoms with van der Waals surface area (Å²) in [6, 6.07) is 1.30. The van der Waals surface area contributed by atoms with Crippen LogP contribution in [0.2, 0.25) is 0 Å². The molecule has 0 aromatic rings. The molecule has 0 bridgehead atoms. The second-order valence-electron chi connectivity index (χ2n) is 3.22. The van der Waals surface area contributed by atoms with Gasteiger partial charge in [-0.1, -0.05) is 0 Å². The topological polar surface area (TPSA) is 105 Å². The third kappa shape index (κ3) is 2.49. The van der Waals surface area contributed by atoms with Gasteiger partial charge in [-0.3, -0.25) is 0 Å². The molecule has 0 saturated carbocycles. The molecule has 1 aliphatic heterocycles. The molecule has 1 atom stereocenters. The number of nitrogens with zero attached hydrogens (tertiary/aromatic N) is 3. The second-order valence-corrected chi connectivity index (χ2v) is 3.22. The monoisotopic (exact) mass is 213 g/mol. The van der Waals surface area contributed by atoms with Crippen LogP contribution >= 0.6 is 0 Å². The minimum atomic E-state index is -1.11. The van der Waals surface area contributed by atoms with Gasteiger partial charge in [-0.2, -0.15) is 5.26 Å². The lowest BCUT2D eigenvalue weighted by molar-refractivity contribution is 0.0651. The van der Waals surface area contributed by atoms with Crippen LogP contribution in [0.4, 0.5) is 9.59 Å². The third-order valence-electron chi connectivity index (χ3n) is 2.33. The van der Waals surface area contributed by atoms with Gasteiger partial charge in [0, 0.05) is 19.6 Å². The van der Waals surface area contributed by atoms with E-state index in [-0.39, 0.29) is 26.1 Å². The zero-order valence-corrected chi connectivity index (χ0v) is 7.96. The highest BCUT2D eigenvalue weighted by molar-refractivity contribution is 5.68. The third-order valence-corrected chi connectivity index (χ3v) is 2.33. The number of hydrogen-bond donors (Lipinski definition) is 2. The van der Waals surface area contributed by atoms with Gasteiger partial charge in [0.05, 0.1) is 18.5 Å². The maximum Gasteiger partial charge on any atom is 0.407 e. The fraction of sp³-hybridized carbons (Fsp3) is 0.625. The van der Waals surface area contributed by atoms with Crippen LogP contribution < -0.4 is 0 Å². The minimum absolute atomic E-state index is 0.0100. The van der Waals surface area contributed by atoms with Gasteiger partial charge in [0.1, 0.15) is 0 Å². The highest BCUT2D eigenvalue weighted by Crippen LogP contribution is 2.12. The molecule has 1 fully saturated rings. The Bertz CT molecular complexity index is 311. The molecule has 2 N–H and O–H groups in total. The van der Waals surface area contributed by atoms with Gasteiger partial charge in [0.2, 0.25) is 0 Å². The molecular weight excluding hydrogens is 202 g/mol. The molecule has 1 rings (SSSR count). The SMILES string of the molecule is N#CCC1CN(C(=O)O)CCN1C(=O)O. The molecule has 0 aromatic carbocycles. The van der Waals surface area contributed by atoms with Crippen LogP contribution in [-0.2, 0) is 0 Å². The Morgan fingerprint density at radius 1 is 1.33 bits per heavy atom.